The molecule has 1 aromatic heterocycles. The first-order chi connectivity index (χ1) is 15.8. The average Bonchev–Trinajstić information content (AvgIpc) is 3.32. The lowest BCUT2D eigenvalue weighted by atomic mass is 9.87. The van der Waals surface area contributed by atoms with Crippen LogP contribution in [0.2, 0.25) is 5.02 Å². The Morgan fingerprint density at radius 3 is 2.21 bits per heavy atom. The molecule has 8 nitrogen and oxygen atoms in total. The van der Waals surface area contributed by atoms with Crippen LogP contribution < -0.4 is 9.62 Å². The maximum Gasteiger partial charge on any atom is 0.348 e. The Morgan fingerprint density at radius 2 is 1.62 bits per heavy atom. The summed E-state index contributed by atoms with van der Waals surface area (Å²) >= 11 is 7.04. The van der Waals surface area contributed by atoms with Gasteiger partial charge in [0.05, 0.1) is 32.4 Å². The van der Waals surface area contributed by atoms with E-state index in [9.17, 15) is 27.9 Å². The molecule has 2 N–H and O–H groups in total. The lowest BCUT2D eigenvalue weighted by Gasteiger charge is -2.19. The number of fused-ring (bicyclic) bond motifs is 1. The molecule has 0 saturated heterocycles. The van der Waals surface area contributed by atoms with Crippen LogP contribution in [0.4, 0.5) is 11.4 Å². The lowest BCUT2D eigenvalue weighted by Crippen LogP contribution is -2.30. The molecular weight excluding hydrogens is 500 g/mol. The third-order valence-electron chi connectivity index (χ3n) is 5.34. The fourth-order valence-corrected chi connectivity index (χ4v) is 5.63. The number of sulfonamides is 1. The van der Waals surface area contributed by atoms with Gasteiger partial charge in [-0.3, -0.25) is 14.3 Å². The zero-order valence-electron chi connectivity index (χ0n) is 18.2. The molecule has 11 heteroatoms. The minimum Gasteiger partial charge on any atom is -0.477 e. The summed E-state index contributed by atoms with van der Waals surface area (Å²) in [6.45, 7) is 6.01. The Bertz CT molecular complexity index is 1450. The Morgan fingerprint density at radius 1 is 1.00 bits per heavy atom. The first kappa shape index (κ1) is 23.9. The average molecular weight is 519 g/mol. The van der Waals surface area contributed by atoms with E-state index in [1.165, 1.54) is 35.7 Å². The van der Waals surface area contributed by atoms with E-state index in [2.05, 4.69) is 4.72 Å². The molecule has 0 aliphatic carbocycles. The summed E-state index contributed by atoms with van der Waals surface area (Å²) in [5, 5.41) is 10.8. The van der Waals surface area contributed by atoms with Gasteiger partial charge in [-0.05, 0) is 46.7 Å². The largest absolute Gasteiger partial charge is 0.477 e. The van der Waals surface area contributed by atoms with Crippen molar-refractivity contribution in [2.45, 2.75) is 31.1 Å². The third kappa shape index (κ3) is 3.97. The number of aromatic carboxylic acids is 1. The number of thiophene rings is 1. The fourth-order valence-electron chi connectivity index (χ4n) is 3.60. The number of carboxylic acids is 1. The molecule has 0 saturated carbocycles. The number of benzene rings is 2. The van der Waals surface area contributed by atoms with Crippen molar-refractivity contribution in [2.24, 2.45) is 0 Å². The minimum atomic E-state index is -4.11. The first-order valence-electron chi connectivity index (χ1n) is 9.98. The maximum atomic E-state index is 13.3. The number of hydrogen-bond donors (Lipinski definition) is 2. The van der Waals surface area contributed by atoms with Gasteiger partial charge in [0.25, 0.3) is 21.8 Å². The number of nitrogens with zero attached hydrogens (tertiary/aromatic N) is 1. The quantitative estimate of drug-likeness (QED) is 0.458. The summed E-state index contributed by atoms with van der Waals surface area (Å²) in [5.41, 5.74) is 0.102. The molecule has 3 aromatic rings. The summed E-state index contributed by atoms with van der Waals surface area (Å²) < 4.78 is 28.5. The van der Waals surface area contributed by atoms with E-state index in [0.717, 1.165) is 16.9 Å². The zero-order valence-corrected chi connectivity index (χ0v) is 20.6. The van der Waals surface area contributed by atoms with Crippen LogP contribution in [0.25, 0.3) is 0 Å². The van der Waals surface area contributed by atoms with Crippen molar-refractivity contribution in [1.82, 2.24) is 0 Å². The number of carboxylic acid groups (broad SMARTS) is 1. The summed E-state index contributed by atoms with van der Waals surface area (Å²) in [5.74, 6) is -3.00. The maximum absolute atomic E-state index is 13.3. The van der Waals surface area contributed by atoms with E-state index >= 15 is 0 Å². The molecule has 34 heavy (non-hydrogen) atoms. The second-order valence-electron chi connectivity index (χ2n) is 8.61. The Hall–Kier alpha value is -3.21. The van der Waals surface area contributed by atoms with Crippen LogP contribution >= 0.6 is 22.9 Å². The molecule has 1 aliphatic heterocycles. The van der Waals surface area contributed by atoms with Crippen molar-refractivity contribution in [2.75, 3.05) is 9.62 Å². The van der Waals surface area contributed by atoms with Gasteiger partial charge < -0.3 is 5.11 Å². The van der Waals surface area contributed by atoms with Crippen LogP contribution in [0.15, 0.2) is 52.7 Å². The summed E-state index contributed by atoms with van der Waals surface area (Å²) in [6.07, 6.45) is 0. The second-order valence-corrected chi connectivity index (χ2v) is 11.6. The highest BCUT2D eigenvalue weighted by Gasteiger charge is 2.42. The first-order valence-corrected chi connectivity index (χ1v) is 12.7. The normalized spacial score (nSPS) is 13.8. The molecule has 0 bridgehead atoms. The van der Waals surface area contributed by atoms with E-state index < -0.39 is 27.8 Å². The number of carbonyl (C=O) groups excluding carboxylic acids is 2. The van der Waals surface area contributed by atoms with Crippen molar-refractivity contribution in [1.29, 1.82) is 0 Å². The Labute approximate surface area is 204 Å². The van der Waals surface area contributed by atoms with Gasteiger partial charge in [0.1, 0.15) is 4.88 Å². The number of halogens is 1. The van der Waals surface area contributed by atoms with Gasteiger partial charge in [-0.2, -0.15) is 0 Å². The van der Waals surface area contributed by atoms with Gasteiger partial charge in [0.15, 0.2) is 0 Å². The van der Waals surface area contributed by atoms with E-state index in [1.54, 1.807) is 12.1 Å². The number of imide groups is 1. The van der Waals surface area contributed by atoms with E-state index in [0.29, 0.717) is 4.90 Å². The second kappa shape index (κ2) is 8.23. The van der Waals surface area contributed by atoms with Crippen LogP contribution in [-0.2, 0) is 15.4 Å². The molecule has 2 aromatic carbocycles. The molecule has 2 heterocycles. The summed E-state index contributed by atoms with van der Waals surface area (Å²) in [6, 6.07) is 10.3. The van der Waals surface area contributed by atoms with E-state index in [1.807, 2.05) is 20.8 Å². The number of amides is 2. The Balaban J connectivity index is 1.75. The molecule has 0 radical (unpaired) electrons. The molecule has 0 atom stereocenters. The number of nitrogens with one attached hydrogen (secondary N) is 1. The van der Waals surface area contributed by atoms with Crippen molar-refractivity contribution >= 4 is 62.1 Å². The smallest absolute Gasteiger partial charge is 0.348 e. The van der Waals surface area contributed by atoms with Crippen LogP contribution in [0.1, 0.15) is 56.7 Å². The number of rotatable bonds is 5. The lowest BCUT2D eigenvalue weighted by molar-refractivity contribution is 0.0703. The van der Waals surface area contributed by atoms with Crippen molar-refractivity contribution in [3.63, 3.8) is 0 Å². The highest BCUT2D eigenvalue weighted by atomic mass is 35.5. The predicted octanol–water partition coefficient (Wildman–Crippen LogP) is 5.00. The van der Waals surface area contributed by atoms with Crippen molar-refractivity contribution in [3.8, 4) is 0 Å². The molecule has 0 unspecified atom stereocenters. The molecule has 2 amide bonds. The van der Waals surface area contributed by atoms with Crippen molar-refractivity contribution < 1.29 is 27.9 Å². The number of carbonyl (C=O) groups is 3. The van der Waals surface area contributed by atoms with E-state index in [-0.39, 0.29) is 42.7 Å². The Kier molecular flexibility index (Phi) is 5.79. The molecule has 176 valence electrons. The van der Waals surface area contributed by atoms with Gasteiger partial charge >= 0.3 is 5.97 Å². The monoisotopic (exact) mass is 518 g/mol. The molecule has 0 spiro atoms. The van der Waals surface area contributed by atoms with Crippen molar-refractivity contribution in [3.05, 3.63) is 74.4 Å². The highest BCUT2D eigenvalue weighted by molar-refractivity contribution is 7.92. The topological polar surface area (TPSA) is 121 Å². The van der Waals surface area contributed by atoms with Crippen LogP contribution in [0, 0.1) is 0 Å². The van der Waals surface area contributed by atoms with Crippen LogP contribution in [0.3, 0.4) is 0 Å². The zero-order chi connectivity index (χ0) is 25.0. The molecule has 1 aliphatic rings. The van der Waals surface area contributed by atoms with E-state index in [4.69, 9.17) is 11.6 Å². The number of anilines is 2. The standard InChI is InChI=1S/C23H19ClN2O6S2/c1-23(2,3)12-4-6-13(7-5-12)34(31,32)25-15-9-8-14(24)17-18(15)21(28)26(20(17)27)16-10-11-33-19(16)22(29)30/h4-11,25H,1-3H3,(H,29,30). The summed E-state index contributed by atoms with van der Waals surface area (Å²) in [4.78, 5) is 38.3. The SMILES string of the molecule is CC(C)(C)c1ccc(S(=O)(=O)Nc2ccc(Cl)c3c2C(=O)N(c2ccsc2C(=O)O)C3=O)cc1. The fraction of sp³-hybridized carbons (Fsp3) is 0.174. The summed E-state index contributed by atoms with van der Waals surface area (Å²) in [7, 11) is -4.11. The van der Waals surface area contributed by atoms with Gasteiger partial charge in [0, 0.05) is 0 Å². The molecule has 0 fully saturated rings. The number of hydrogen-bond acceptors (Lipinski definition) is 6. The van der Waals surface area contributed by atoms with Gasteiger partial charge in [-0.1, -0.05) is 44.5 Å². The van der Waals surface area contributed by atoms with Gasteiger partial charge in [-0.15, -0.1) is 11.3 Å². The third-order valence-corrected chi connectivity index (χ3v) is 7.93. The highest BCUT2D eigenvalue weighted by Crippen LogP contribution is 2.40. The molecule has 4 rings (SSSR count). The van der Waals surface area contributed by atoms with Crippen LogP contribution in [-0.4, -0.2) is 31.3 Å². The minimum absolute atomic E-state index is 0.0242. The predicted molar refractivity (Wildman–Crippen MR) is 130 cm³/mol. The van der Waals surface area contributed by atoms with Gasteiger partial charge in [-0.25, -0.2) is 18.1 Å². The van der Waals surface area contributed by atoms with Crippen LogP contribution in [0.5, 0.6) is 0 Å². The molecular formula is C23H19ClN2O6S2. The van der Waals surface area contributed by atoms with Gasteiger partial charge in [0.2, 0.25) is 0 Å².